The summed E-state index contributed by atoms with van der Waals surface area (Å²) in [5, 5.41) is 3.96. The third-order valence-electron chi connectivity index (χ3n) is 3.65. The number of nitrogens with zero attached hydrogens (tertiary/aromatic N) is 2. The summed E-state index contributed by atoms with van der Waals surface area (Å²) in [5.74, 6) is 0.905. The molecule has 1 aromatic carbocycles. The second kappa shape index (κ2) is 5.09. The first-order valence-electron chi connectivity index (χ1n) is 6.71. The molecule has 1 aromatic heterocycles. The smallest absolute Gasteiger partial charge is 0.254 e. The Bertz CT molecular complexity index is 635. The number of carbonyl (C=O) groups is 1. The van der Waals surface area contributed by atoms with Gasteiger partial charge >= 0.3 is 0 Å². The molecule has 20 heavy (non-hydrogen) atoms. The van der Waals surface area contributed by atoms with Crippen molar-refractivity contribution in [3.05, 3.63) is 52.4 Å². The minimum absolute atomic E-state index is 0.0449. The van der Waals surface area contributed by atoms with Gasteiger partial charge in [0.1, 0.15) is 11.5 Å². The Kier molecular flexibility index (Phi) is 3.28. The average Bonchev–Trinajstić information content (AvgIpc) is 2.88. The molecule has 0 spiro atoms. The molecule has 0 atom stereocenters. The highest BCUT2D eigenvalue weighted by molar-refractivity contribution is 5.94. The molecular weight excluding hydrogens is 254 g/mol. The maximum atomic E-state index is 12.5. The van der Waals surface area contributed by atoms with Gasteiger partial charge in [-0.05, 0) is 19.1 Å². The second-order valence-corrected chi connectivity index (χ2v) is 5.08. The summed E-state index contributed by atoms with van der Waals surface area (Å²) in [6, 6.07) is 7.65. The van der Waals surface area contributed by atoms with Crippen molar-refractivity contribution in [2.75, 3.05) is 6.54 Å². The van der Waals surface area contributed by atoms with E-state index in [0.717, 1.165) is 28.1 Å². The molecule has 104 valence electrons. The molecule has 0 saturated heterocycles. The van der Waals surface area contributed by atoms with Gasteiger partial charge in [-0.15, -0.1) is 0 Å². The SMILES string of the molecule is Cc1cccc(C(=O)N2CCc3onc(CN)c3C2)c1. The number of carbonyl (C=O) groups excluding carboxylic acids is 1. The van der Waals surface area contributed by atoms with Crippen LogP contribution in [0.3, 0.4) is 0 Å². The molecule has 2 heterocycles. The fourth-order valence-corrected chi connectivity index (χ4v) is 2.56. The molecule has 0 bridgehead atoms. The van der Waals surface area contributed by atoms with Crippen molar-refractivity contribution in [1.29, 1.82) is 0 Å². The lowest BCUT2D eigenvalue weighted by molar-refractivity contribution is 0.0728. The predicted molar refractivity (Wildman–Crippen MR) is 74.0 cm³/mol. The van der Waals surface area contributed by atoms with Crippen LogP contribution in [0.5, 0.6) is 0 Å². The molecule has 5 heteroatoms. The monoisotopic (exact) mass is 271 g/mol. The molecule has 0 unspecified atom stereocenters. The first-order chi connectivity index (χ1) is 9.69. The van der Waals surface area contributed by atoms with Crippen LogP contribution in [0.25, 0.3) is 0 Å². The van der Waals surface area contributed by atoms with Gasteiger partial charge in [-0.1, -0.05) is 22.9 Å². The third-order valence-corrected chi connectivity index (χ3v) is 3.65. The summed E-state index contributed by atoms with van der Waals surface area (Å²) in [6.45, 7) is 3.50. The minimum atomic E-state index is 0.0449. The van der Waals surface area contributed by atoms with Crippen molar-refractivity contribution < 1.29 is 9.32 Å². The van der Waals surface area contributed by atoms with Crippen molar-refractivity contribution in [2.45, 2.75) is 26.4 Å². The number of nitrogens with two attached hydrogens (primary N) is 1. The molecule has 1 aliphatic rings. The van der Waals surface area contributed by atoms with Gasteiger partial charge in [0.15, 0.2) is 0 Å². The van der Waals surface area contributed by atoms with Crippen molar-refractivity contribution in [2.24, 2.45) is 5.73 Å². The highest BCUT2D eigenvalue weighted by atomic mass is 16.5. The van der Waals surface area contributed by atoms with Crippen LogP contribution in [0.15, 0.2) is 28.8 Å². The average molecular weight is 271 g/mol. The van der Waals surface area contributed by atoms with E-state index in [-0.39, 0.29) is 5.91 Å². The summed E-state index contributed by atoms with van der Waals surface area (Å²) >= 11 is 0. The number of amides is 1. The van der Waals surface area contributed by atoms with Crippen LogP contribution in [0.2, 0.25) is 0 Å². The number of hydrogen-bond donors (Lipinski definition) is 1. The van der Waals surface area contributed by atoms with Crippen LogP contribution in [-0.4, -0.2) is 22.5 Å². The molecular formula is C15H17N3O2. The first-order valence-corrected chi connectivity index (χ1v) is 6.71. The van der Waals surface area contributed by atoms with Crippen LogP contribution >= 0.6 is 0 Å². The summed E-state index contributed by atoms with van der Waals surface area (Å²) in [4.78, 5) is 14.4. The van der Waals surface area contributed by atoms with Crippen molar-refractivity contribution in [3.8, 4) is 0 Å². The van der Waals surface area contributed by atoms with Gasteiger partial charge in [-0.25, -0.2) is 0 Å². The Labute approximate surface area is 117 Å². The van der Waals surface area contributed by atoms with Crippen LogP contribution in [0.4, 0.5) is 0 Å². The van der Waals surface area contributed by atoms with E-state index >= 15 is 0 Å². The quantitative estimate of drug-likeness (QED) is 0.901. The lowest BCUT2D eigenvalue weighted by Gasteiger charge is -2.26. The van der Waals surface area contributed by atoms with E-state index in [9.17, 15) is 4.79 Å². The van der Waals surface area contributed by atoms with Crippen LogP contribution in [-0.2, 0) is 19.5 Å². The fourth-order valence-electron chi connectivity index (χ4n) is 2.56. The number of rotatable bonds is 2. The van der Waals surface area contributed by atoms with Crippen LogP contribution in [0.1, 0.15) is 32.9 Å². The lowest BCUT2D eigenvalue weighted by Crippen LogP contribution is -2.36. The normalized spacial score (nSPS) is 14.2. The second-order valence-electron chi connectivity index (χ2n) is 5.08. The largest absolute Gasteiger partial charge is 0.361 e. The van der Waals surface area contributed by atoms with E-state index in [4.69, 9.17) is 10.3 Å². The summed E-state index contributed by atoms with van der Waals surface area (Å²) < 4.78 is 5.26. The maximum absolute atomic E-state index is 12.5. The van der Waals surface area contributed by atoms with E-state index in [1.54, 1.807) is 0 Å². The van der Waals surface area contributed by atoms with Gasteiger partial charge in [0.05, 0.1) is 6.54 Å². The Hall–Kier alpha value is -2.14. The molecule has 5 nitrogen and oxygen atoms in total. The summed E-state index contributed by atoms with van der Waals surface area (Å²) in [5.41, 5.74) is 9.17. The molecule has 0 radical (unpaired) electrons. The van der Waals surface area contributed by atoms with Crippen molar-refractivity contribution in [3.63, 3.8) is 0 Å². The van der Waals surface area contributed by atoms with E-state index in [0.29, 0.717) is 26.1 Å². The van der Waals surface area contributed by atoms with Gasteiger partial charge in [0.2, 0.25) is 0 Å². The predicted octanol–water partition coefficient (Wildman–Crippen LogP) is 1.64. The zero-order chi connectivity index (χ0) is 14.1. The fraction of sp³-hybridized carbons (Fsp3) is 0.333. The molecule has 1 aliphatic heterocycles. The standard InChI is InChI=1S/C15H17N3O2/c1-10-3-2-4-11(7-10)15(19)18-6-5-14-12(9-18)13(8-16)17-20-14/h2-4,7H,5-6,8-9,16H2,1H3. The van der Waals surface area contributed by atoms with E-state index < -0.39 is 0 Å². The highest BCUT2D eigenvalue weighted by Gasteiger charge is 2.26. The Morgan fingerprint density at radius 3 is 3.10 bits per heavy atom. The maximum Gasteiger partial charge on any atom is 0.254 e. The first kappa shape index (κ1) is 12.9. The number of fused-ring (bicyclic) bond motifs is 1. The lowest BCUT2D eigenvalue weighted by atomic mass is 10.0. The van der Waals surface area contributed by atoms with Gasteiger partial charge in [0.25, 0.3) is 5.91 Å². The third kappa shape index (κ3) is 2.20. The number of hydrogen-bond acceptors (Lipinski definition) is 4. The molecule has 0 saturated carbocycles. The van der Waals surface area contributed by atoms with Crippen LogP contribution in [0, 0.1) is 6.92 Å². The zero-order valence-electron chi connectivity index (χ0n) is 11.4. The summed E-state index contributed by atoms with van der Waals surface area (Å²) in [7, 11) is 0. The Morgan fingerprint density at radius 2 is 2.35 bits per heavy atom. The van der Waals surface area contributed by atoms with Gasteiger partial charge in [-0.2, -0.15) is 0 Å². The van der Waals surface area contributed by atoms with E-state index in [1.807, 2.05) is 36.1 Å². The van der Waals surface area contributed by atoms with Gasteiger partial charge in [0, 0.05) is 30.6 Å². The molecule has 2 N–H and O–H groups in total. The Balaban J connectivity index is 1.84. The number of aryl methyl sites for hydroxylation is 1. The van der Waals surface area contributed by atoms with Gasteiger partial charge < -0.3 is 15.2 Å². The van der Waals surface area contributed by atoms with Crippen molar-refractivity contribution in [1.82, 2.24) is 10.1 Å². The number of benzene rings is 1. The molecule has 0 fully saturated rings. The highest BCUT2D eigenvalue weighted by Crippen LogP contribution is 2.23. The molecule has 0 aliphatic carbocycles. The topological polar surface area (TPSA) is 72.4 Å². The molecule has 1 amide bonds. The zero-order valence-corrected chi connectivity index (χ0v) is 11.4. The minimum Gasteiger partial charge on any atom is -0.361 e. The van der Waals surface area contributed by atoms with E-state index in [2.05, 4.69) is 5.16 Å². The van der Waals surface area contributed by atoms with Gasteiger partial charge in [-0.3, -0.25) is 4.79 Å². The molecule has 3 rings (SSSR count). The summed E-state index contributed by atoms with van der Waals surface area (Å²) in [6.07, 6.45) is 0.694. The Morgan fingerprint density at radius 1 is 1.50 bits per heavy atom. The van der Waals surface area contributed by atoms with Crippen LogP contribution < -0.4 is 5.73 Å². The van der Waals surface area contributed by atoms with E-state index in [1.165, 1.54) is 0 Å². The van der Waals surface area contributed by atoms with Crippen molar-refractivity contribution >= 4 is 5.91 Å². The number of aromatic nitrogens is 1. The molecule has 2 aromatic rings.